The summed E-state index contributed by atoms with van der Waals surface area (Å²) in [4.78, 5) is 28.5. The lowest BCUT2D eigenvalue weighted by Crippen LogP contribution is -2.44. The van der Waals surface area contributed by atoms with E-state index in [1.165, 1.54) is 24.4 Å². The van der Waals surface area contributed by atoms with Crippen molar-refractivity contribution >= 4 is 51.3 Å². The maximum atomic E-state index is 12.8. The number of thiazole rings is 1. The van der Waals surface area contributed by atoms with Crippen LogP contribution in [0.3, 0.4) is 0 Å². The molecule has 0 radical (unpaired) electrons. The van der Waals surface area contributed by atoms with Crippen LogP contribution in [0.1, 0.15) is 25.2 Å². The van der Waals surface area contributed by atoms with Crippen molar-refractivity contribution in [3.8, 4) is 0 Å². The SMILES string of the molecule is [2H]C([2H])([2H])c1cccc(Cl)c1NC(=O)c1cnc(Nc2cc(N3CCNCC3)nc(C)n2)s1. The quantitative estimate of drug-likeness (QED) is 0.551. The first kappa shape index (κ1) is 17.0. The second-order valence-electron chi connectivity index (χ2n) is 6.67. The molecule has 0 spiro atoms. The highest BCUT2D eigenvalue weighted by Gasteiger charge is 2.16. The number of hydrogen-bond donors (Lipinski definition) is 3. The second-order valence-corrected chi connectivity index (χ2v) is 8.10. The van der Waals surface area contributed by atoms with E-state index < -0.39 is 12.8 Å². The van der Waals surface area contributed by atoms with Crippen LogP contribution < -0.4 is 20.9 Å². The minimum absolute atomic E-state index is 0.0249. The van der Waals surface area contributed by atoms with Crippen molar-refractivity contribution in [2.45, 2.75) is 13.8 Å². The third-order valence-electron chi connectivity index (χ3n) is 4.48. The number of nitrogens with one attached hydrogen (secondary N) is 3. The Morgan fingerprint density at radius 1 is 1.33 bits per heavy atom. The lowest BCUT2D eigenvalue weighted by atomic mass is 10.2. The third-order valence-corrected chi connectivity index (χ3v) is 5.71. The molecule has 0 saturated carbocycles. The van der Waals surface area contributed by atoms with Gasteiger partial charge in [0, 0.05) is 36.4 Å². The van der Waals surface area contributed by atoms with Crippen molar-refractivity contribution in [2.24, 2.45) is 0 Å². The van der Waals surface area contributed by atoms with Gasteiger partial charge in [0.2, 0.25) is 0 Å². The Bertz CT molecular complexity index is 1160. The number of carbonyl (C=O) groups excluding carboxylic acids is 1. The van der Waals surface area contributed by atoms with E-state index in [9.17, 15) is 4.79 Å². The summed E-state index contributed by atoms with van der Waals surface area (Å²) < 4.78 is 23.0. The predicted molar refractivity (Wildman–Crippen MR) is 121 cm³/mol. The highest BCUT2D eigenvalue weighted by molar-refractivity contribution is 7.17. The Morgan fingerprint density at radius 3 is 2.97 bits per heavy atom. The van der Waals surface area contributed by atoms with E-state index in [0.717, 1.165) is 43.3 Å². The van der Waals surface area contributed by atoms with Gasteiger partial charge in [-0.1, -0.05) is 35.1 Å². The third kappa shape index (κ3) is 4.69. The molecule has 1 saturated heterocycles. The highest BCUT2D eigenvalue weighted by atomic mass is 35.5. The summed E-state index contributed by atoms with van der Waals surface area (Å²) in [6.07, 6.45) is 1.42. The predicted octanol–water partition coefficient (Wildman–Crippen LogP) is 3.61. The Morgan fingerprint density at radius 2 is 2.17 bits per heavy atom. The van der Waals surface area contributed by atoms with Gasteiger partial charge in [-0.15, -0.1) is 0 Å². The number of carbonyl (C=O) groups is 1. The van der Waals surface area contributed by atoms with Gasteiger partial charge in [0.1, 0.15) is 22.3 Å². The van der Waals surface area contributed by atoms with Crippen LogP contribution in [-0.4, -0.2) is 47.0 Å². The molecule has 10 heteroatoms. The number of halogens is 1. The van der Waals surface area contributed by atoms with Crippen LogP contribution in [0.5, 0.6) is 0 Å². The number of aromatic nitrogens is 3. The van der Waals surface area contributed by atoms with Gasteiger partial charge in [-0.05, 0) is 25.4 Å². The smallest absolute Gasteiger partial charge is 0.267 e. The van der Waals surface area contributed by atoms with Gasteiger partial charge in [0.25, 0.3) is 5.91 Å². The first-order valence-corrected chi connectivity index (χ1v) is 10.5. The normalized spacial score (nSPS) is 15.8. The van der Waals surface area contributed by atoms with E-state index in [2.05, 4.69) is 35.8 Å². The summed E-state index contributed by atoms with van der Waals surface area (Å²) in [5.41, 5.74) is 0.0438. The molecule has 1 amide bonds. The second kappa shape index (κ2) is 8.95. The molecule has 156 valence electrons. The lowest BCUT2D eigenvalue weighted by molar-refractivity contribution is 0.103. The fraction of sp³-hybridized carbons (Fsp3) is 0.300. The van der Waals surface area contributed by atoms with Crippen molar-refractivity contribution in [2.75, 3.05) is 41.7 Å². The fourth-order valence-corrected chi connectivity index (χ4v) is 3.98. The summed E-state index contributed by atoms with van der Waals surface area (Å²) in [5.74, 6) is 1.53. The Hall–Kier alpha value is -2.75. The molecular formula is C20H22ClN7OS. The standard InChI is InChI=1S/C20H22ClN7OS/c1-12-4-3-5-14(21)18(12)27-19(29)15-11-23-20(30-15)26-16-10-17(25-13(2)24-16)28-8-6-22-7-9-28/h3-5,10-11,22H,6-9H2,1-2H3,(H,27,29)(H,23,24,25,26)/i1D3. The number of para-hydroxylation sites is 1. The van der Waals surface area contributed by atoms with Gasteiger partial charge < -0.3 is 20.9 Å². The zero-order valence-corrected chi connectivity index (χ0v) is 17.8. The van der Waals surface area contributed by atoms with Crippen LogP contribution in [-0.2, 0) is 0 Å². The number of benzene rings is 1. The average Bonchev–Trinajstić information content (AvgIpc) is 3.23. The van der Waals surface area contributed by atoms with Crippen molar-refractivity contribution < 1.29 is 8.91 Å². The first-order valence-electron chi connectivity index (χ1n) is 10.9. The molecule has 0 aliphatic carbocycles. The number of piperazine rings is 1. The van der Waals surface area contributed by atoms with Gasteiger partial charge in [-0.25, -0.2) is 15.0 Å². The van der Waals surface area contributed by atoms with Crippen LogP contribution in [0.25, 0.3) is 0 Å². The molecular weight excluding hydrogens is 422 g/mol. The van der Waals surface area contributed by atoms with Crippen LogP contribution in [0.4, 0.5) is 22.5 Å². The molecule has 8 nitrogen and oxygen atoms in total. The van der Waals surface area contributed by atoms with Gasteiger partial charge in [0.05, 0.1) is 16.9 Å². The number of aryl methyl sites for hydroxylation is 2. The molecule has 0 atom stereocenters. The van der Waals surface area contributed by atoms with Crippen molar-refractivity contribution in [3.63, 3.8) is 0 Å². The molecule has 3 N–H and O–H groups in total. The molecule has 1 fully saturated rings. The van der Waals surface area contributed by atoms with Crippen LogP contribution >= 0.6 is 22.9 Å². The van der Waals surface area contributed by atoms with E-state index in [0.29, 0.717) is 21.7 Å². The number of hydrogen-bond acceptors (Lipinski definition) is 8. The monoisotopic (exact) mass is 446 g/mol. The number of rotatable bonds is 5. The van der Waals surface area contributed by atoms with E-state index >= 15 is 0 Å². The highest BCUT2D eigenvalue weighted by Crippen LogP contribution is 2.28. The minimum Gasteiger partial charge on any atom is -0.354 e. The van der Waals surface area contributed by atoms with Crippen molar-refractivity contribution in [1.82, 2.24) is 20.3 Å². The number of amides is 1. The summed E-state index contributed by atoms with van der Waals surface area (Å²) in [6, 6.07) is 6.33. The zero-order chi connectivity index (χ0) is 23.6. The molecule has 3 aromatic rings. The molecule has 4 rings (SSSR count). The fourth-order valence-electron chi connectivity index (χ4n) is 3.04. The summed E-state index contributed by atoms with van der Waals surface area (Å²) in [6.45, 7) is 2.91. The van der Waals surface area contributed by atoms with E-state index in [-0.39, 0.29) is 16.3 Å². The van der Waals surface area contributed by atoms with E-state index in [1.54, 1.807) is 0 Å². The maximum Gasteiger partial charge on any atom is 0.267 e. The van der Waals surface area contributed by atoms with Gasteiger partial charge in [-0.2, -0.15) is 0 Å². The first-order chi connectivity index (χ1) is 15.7. The average molecular weight is 447 g/mol. The van der Waals surface area contributed by atoms with Crippen LogP contribution in [0, 0.1) is 13.8 Å². The Labute approximate surface area is 187 Å². The summed E-state index contributed by atoms with van der Waals surface area (Å²) in [7, 11) is 0. The van der Waals surface area contributed by atoms with Crippen LogP contribution in [0.2, 0.25) is 5.02 Å². The minimum atomic E-state index is -2.42. The van der Waals surface area contributed by atoms with E-state index in [4.69, 9.17) is 15.7 Å². The number of anilines is 4. The molecule has 0 bridgehead atoms. The number of nitrogens with zero attached hydrogens (tertiary/aromatic N) is 4. The molecule has 1 aliphatic rings. The molecule has 2 aromatic heterocycles. The molecule has 0 unspecified atom stereocenters. The van der Waals surface area contributed by atoms with Crippen molar-refractivity contribution in [1.29, 1.82) is 0 Å². The molecule has 1 aromatic carbocycles. The molecule has 3 heterocycles. The largest absolute Gasteiger partial charge is 0.354 e. The topological polar surface area (TPSA) is 95.1 Å². The van der Waals surface area contributed by atoms with Crippen LogP contribution in [0.15, 0.2) is 30.5 Å². The Balaban J connectivity index is 1.50. The lowest BCUT2D eigenvalue weighted by Gasteiger charge is -2.28. The van der Waals surface area contributed by atoms with Crippen molar-refractivity contribution in [3.05, 3.63) is 51.7 Å². The molecule has 1 aliphatic heterocycles. The van der Waals surface area contributed by atoms with E-state index in [1.807, 2.05) is 13.0 Å². The van der Waals surface area contributed by atoms with Gasteiger partial charge >= 0.3 is 0 Å². The van der Waals surface area contributed by atoms with Gasteiger partial charge in [-0.3, -0.25) is 4.79 Å². The molecule has 30 heavy (non-hydrogen) atoms. The van der Waals surface area contributed by atoms with Gasteiger partial charge in [0.15, 0.2) is 5.13 Å². The summed E-state index contributed by atoms with van der Waals surface area (Å²) >= 11 is 7.28. The Kier molecular flexibility index (Phi) is 5.07. The maximum absolute atomic E-state index is 12.8. The summed E-state index contributed by atoms with van der Waals surface area (Å²) in [5, 5.41) is 9.68. The zero-order valence-electron chi connectivity index (χ0n) is 19.2.